The van der Waals surface area contributed by atoms with E-state index in [-0.39, 0.29) is 25.0 Å². The third kappa shape index (κ3) is 8.61. The SMILES string of the molecule is CCCNC(=O)[C@H](Cc1ccccc1)N(Cc1cccc(Cl)c1)C(=O)COc1ccc(C(C)C)cc1Br. The molecule has 0 aliphatic heterocycles. The molecule has 0 aliphatic rings. The average molecular weight is 586 g/mol. The standard InChI is InChI=1S/C30H34BrClN2O3/c1-4-15-33-30(36)27(17-22-9-6-5-7-10-22)34(19-23-11-8-12-25(32)16-23)29(35)20-37-28-14-13-24(21(2)3)18-26(28)31/h5-14,16,18,21,27H,4,15,17,19-20H2,1-3H3,(H,33,36)/t27-/m0/s1. The molecule has 2 amide bonds. The number of nitrogens with zero attached hydrogens (tertiary/aromatic N) is 1. The van der Waals surface area contributed by atoms with Gasteiger partial charge in [0.25, 0.3) is 5.91 Å². The van der Waals surface area contributed by atoms with Crippen LogP contribution in [0.4, 0.5) is 0 Å². The Morgan fingerprint density at radius 2 is 1.73 bits per heavy atom. The highest BCUT2D eigenvalue weighted by Gasteiger charge is 2.30. The van der Waals surface area contributed by atoms with Gasteiger partial charge in [-0.2, -0.15) is 0 Å². The van der Waals surface area contributed by atoms with Crippen molar-refractivity contribution in [3.8, 4) is 5.75 Å². The molecule has 3 aromatic rings. The summed E-state index contributed by atoms with van der Waals surface area (Å²) in [5, 5.41) is 3.55. The van der Waals surface area contributed by atoms with Gasteiger partial charge in [-0.3, -0.25) is 9.59 Å². The van der Waals surface area contributed by atoms with Crippen LogP contribution in [0.3, 0.4) is 0 Å². The second-order valence-electron chi connectivity index (χ2n) is 9.28. The molecule has 0 aromatic heterocycles. The van der Waals surface area contributed by atoms with Gasteiger partial charge in [0.1, 0.15) is 11.8 Å². The lowest BCUT2D eigenvalue weighted by Gasteiger charge is -2.31. The maximum atomic E-state index is 13.7. The lowest BCUT2D eigenvalue weighted by molar-refractivity contribution is -0.142. The van der Waals surface area contributed by atoms with E-state index in [0.717, 1.165) is 22.0 Å². The first-order valence-corrected chi connectivity index (χ1v) is 13.7. The summed E-state index contributed by atoms with van der Waals surface area (Å²) in [7, 11) is 0. The predicted molar refractivity (Wildman–Crippen MR) is 153 cm³/mol. The molecule has 0 fully saturated rings. The molecule has 0 bridgehead atoms. The number of hydrogen-bond donors (Lipinski definition) is 1. The molecule has 0 saturated carbocycles. The number of nitrogens with one attached hydrogen (secondary N) is 1. The molecule has 3 rings (SSSR count). The molecule has 1 N–H and O–H groups in total. The van der Waals surface area contributed by atoms with Gasteiger partial charge in [-0.1, -0.05) is 80.9 Å². The highest BCUT2D eigenvalue weighted by molar-refractivity contribution is 9.10. The summed E-state index contributed by atoms with van der Waals surface area (Å²) in [5.41, 5.74) is 2.98. The van der Waals surface area contributed by atoms with Crippen LogP contribution < -0.4 is 10.1 Å². The molecule has 196 valence electrons. The number of carbonyl (C=O) groups is 2. The van der Waals surface area contributed by atoms with Crippen LogP contribution in [-0.4, -0.2) is 35.9 Å². The summed E-state index contributed by atoms with van der Waals surface area (Å²) >= 11 is 9.79. The molecule has 0 unspecified atom stereocenters. The van der Waals surface area contributed by atoms with Crippen molar-refractivity contribution in [1.82, 2.24) is 10.2 Å². The topological polar surface area (TPSA) is 58.6 Å². The van der Waals surface area contributed by atoms with Crippen LogP contribution in [0.5, 0.6) is 5.75 Å². The molecular formula is C30H34BrClN2O3. The Morgan fingerprint density at radius 1 is 1.00 bits per heavy atom. The number of carbonyl (C=O) groups excluding carboxylic acids is 2. The van der Waals surface area contributed by atoms with Crippen LogP contribution in [0, 0.1) is 0 Å². The van der Waals surface area contributed by atoms with E-state index in [0.29, 0.717) is 29.7 Å². The molecule has 37 heavy (non-hydrogen) atoms. The van der Waals surface area contributed by atoms with Crippen molar-refractivity contribution in [1.29, 1.82) is 0 Å². The zero-order valence-corrected chi connectivity index (χ0v) is 23.9. The summed E-state index contributed by atoms with van der Waals surface area (Å²) in [6, 6.07) is 22.2. The molecular weight excluding hydrogens is 552 g/mol. The van der Waals surface area contributed by atoms with Gasteiger partial charge in [0.05, 0.1) is 4.47 Å². The maximum Gasteiger partial charge on any atom is 0.261 e. The summed E-state index contributed by atoms with van der Waals surface area (Å²) in [6.45, 7) is 6.80. The third-order valence-corrected chi connectivity index (χ3v) is 6.89. The normalized spacial score (nSPS) is 11.7. The first-order chi connectivity index (χ1) is 17.8. The highest BCUT2D eigenvalue weighted by atomic mass is 79.9. The lowest BCUT2D eigenvalue weighted by atomic mass is 10.0. The van der Waals surface area contributed by atoms with Gasteiger partial charge in [-0.05, 0) is 69.2 Å². The first kappa shape index (κ1) is 28.7. The van der Waals surface area contributed by atoms with E-state index >= 15 is 0 Å². The van der Waals surface area contributed by atoms with E-state index in [9.17, 15) is 9.59 Å². The number of amides is 2. The minimum absolute atomic E-state index is 0.191. The molecule has 0 spiro atoms. The lowest BCUT2D eigenvalue weighted by Crippen LogP contribution is -2.51. The van der Waals surface area contributed by atoms with E-state index in [1.54, 1.807) is 11.0 Å². The van der Waals surface area contributed by atoms with Crippen LogP contribution in [0.15, 0.2) is 77.3 Å². The van der Waals surface area contributed by atoms with Gasteiger partial charge in [-0.15, -0.1) is 0 Å². The molecule has 0 heterocycles. The van der Waals surface area contributed by atoms with E-state index in [1.165, 1.54) is 5.56 Å². The molecule has 1 atom stereocenters. The minimum Gasteiger partial charge on any atom is -0.483 e. The molecule has 7 heteroatoms. The number of hydrogen-bond acceptors (Lipinski definition) is 3. The van der Waals surface area contributed by atoms with Crippen molar-refractivity contribution in [2.24, 2.45) is 0 Å². The molecule has 0 saturated heterocycles. The maximum absolute atomic E-state index is 13.7. The van der Waals surface area contributed by atoms with E-state index in [1.807, 2.05) is 73.7 Å². The van der Waals surface area contributed by atoms with Crippen molar-refractivity contribution in [3.63, 3.8) is 0 Å². The Hall–Kier alpha value is -2.83. The van der Waals surface area contributed by atoms with Gasteiger partial charge < -0.3 is 15.0 Å². The van der Waals surface area contributed by atoms with Gasteiger partial charge in [0, 0.05) is 24.5 Å². The fraction of sp³-hybridized carbons (Fsp3) is 0.333. The van der Waals surface area contributed by atoms with Crippen molar-refractivity contribution in [2.75, 3.05) is 13.2 Å². The molecule has 3 aromatic carbocycles. The zero-order valence-electron chi connectivity index (χ0n) is 21.5. The molecule has 5 nitrogen and oxygen atoms in total. The average Bonchev–Trinajstić information content (AvgIpc) is 2.89. The fourth-order valence-corrected chi connectivity index (χ4v) is 4.69. The van der Waals surface area contributed by atoms with Crippen molar-refractivity contribution in [3.05, 3.63) is 99.0 Å². The second kappa shape index (κ2) is 14.2. The quantitative estimate of drug-likeness (QED) is 0.255. The molecule has 0 aliphatic carbocycles. The Labute approximate surface area is 233 Å². The fourth-order valence-electron chi connectivity index (χ4n) is 3.97. The Bertz CT molecular complexity index is 1190. The van der Waals surface area contributed by atoms with Crippen molar-refractivity contribution in [2.45, 2.75) is 52.1 Å². The van der Waals surface area contributed by atoms with Gasteiger partial charge in [0.2, 0.25) is 5.91 Å². The van der Waals surface area contributed by atoms with Crippen LogP contribution in [0.1, 0.15) is 49.8 Å². The number of ether oxygens (including phenoxy) is 1. The van der Waals surface area contributed by atoms with E-state index < -0.39 is 6.04 Å². The minimum atomic E-state index is -0.712. The van der Waals surface area contributed by atoms with Gasteiger partial charge in [-0.25, -0.2) is 0 Å². The predicted octanol–water partition coefficient (Wildman–Crippen LogP) is 6.77. The zero-order chi connectivity index (χ0) is 26.8. The van der Waals surface area contributed by atoms with Crippen LogP contribution in [0.25, 0.3) is 0 Å². The highest BCUT2D eigenvalue weighted by Crippen LogP contribution is 2.29. The van der Waals surface area contributed by atoms with Crippen molar-refractivity contribution >= 4 is 39.3 Å². The summed E-state index contributed by atoms with van der Waals surface area (Å²) in [6.07, 6.45) is 1.19. The molecule has 0 radical (unpaired) electrons. The van der Waals surface area contributed by atoms with Crippen LogP contribution in [0.2, 0.25) is 5.02 Å². The number of rotatable bonds is 12. The van der Waals surface area contributed by atoms with Crippen molar-refractivity contribution < 1.29 is 14.3 Å². The van der Waals surface area contributed by atoms with Gasteiger partial charge in [0.15, 0.2) is 6.61 Å². The van der Waals surface area contributed by atoms with Crippen LogP contribution >= 0.6 is 27.5 Å². The van der Waals surface area contributed by atoms with E-state index in [4.69, 9.17) is 16.3 Å². The Morgan fingerprint density at radius 3 is 2.38 bits per heavy atom. The number of benzene rings is 3. The third-order valence-electron chi connectivity index (χ3n) is 6.04. The smallest absolute Gasteiger partial charge is 0.261 e. The second-order valence-corrected chi connectivity index (χ2v) is 10.6. The summed E-state index contributed by atoms with van der Waals surface area (Å²) in [5.74, 6) is 0.479. The first-order valence-electron chi connectivity index (χ1n) is 12.6. The number of halogens is 2. The Kier molecular flexibility index (Phi) is 11.0. The summed E-state index contributed by atoms with van der Waals surface area (Å²) < 4.78 is 6.73. The van der Waals surface area contributed by atoms with E-state index in [2.05, 4.69) is 35.1 Å². The monoisotopic (exact) mass is 584 g/mol. The Balaban J connectivity index is 1.89. The largest absolute Gasteiger partial charge is 0.483 e. The summed E-state index contributed by atoms with van der Waals surface area (Å²) in [4.78, 5) is 28.6. The van der Waals surface area contributed by atoms with Crippen LogP contribution in [-0.2, 0) is 22.6 Å². The van der Waals surface area contributed by atoms with Gasteiger partial charge >= 0.3 is 0 Å².